The molecule has 0 aliphatic carbocycles. The Kier molecular flexibility index (Phi) is 7.53. The summed E-state index contributed by atoms with van der Waals surface area (Å²) >= 11 is 0. The van der Waals surface area contributed by atoms with Crippen molar-refractivity contribution in [3.8, 4) is 0 Å². The maximum absolute atomic E-state index is 4.36. The summed E-state index contributed by atoms with van der Waals surface area (Å²) in [7, 11) is 6.06. The minimum absolute atomic E-state index is 0.462. The van der Waals surface area contributed by atoms with Crippen LogP contribution in [0.25, 0.3) is 0 Å². The third kappa shape index (κ3) is 6.13. The van der Waals surface area contributed by atoms with E-state index in [2.05, 4.69) is 76.8 Å². The normalized spacial score (nSPS) is 22.1. The van der Waals surface area contributed by atoms with Gasteiger partial charge in [-0.05, 0) is 46.0 Å². The van der Waals surface area contributed by atoms with Crippen molar-refractivity contribution < 1.29 is 0 Å². The van der Waals surface area contributed by atoms with Crippen LogP contribution in [-0.4, -0.2) is 68.6 Å². The van der Waals surface area contributed by atoms with Crippen LogP contribution in [0.4, 0.5) is 0 Å². The van der Waals surface area contributed by atoms with Crippen molar-refractivity contribution in [1.29, 1.82) is 0 Å². The summed E-state index contributed by atoms with van der Waals surface area (Å²) in [6.07, 6.45) is 2.28. The maximum atomic E-state index is 4.36. The average Bonchev–Trinajstić information content (AvgIpc) is 2.90. The van der Waals surface area contributed by atoms with Crippen LogP contribution in [-0.2, 0) is 6.54 Å². The number of hydrogen-bond acceptors (Lipinski definition) is 3. The monoisotopic (exact) mass is 331 g/mol. The number of hydrogen-bond donors (Lipinski definition) is 2. The molecule has 0 saturated carbocycles. The van der Waals surface area contributed by atoms with Crippen LogP contribution in [0.15, 0.2) is 35.3 Å². The lowest BCUT2D eigenvalue weighted by atomic mass is 10.2. The molecule has 134 valence electrons. The van der Waals surface area contributed by atoms with E-state index in [1.165, 1.54) is 5.56 Å². The summed E-state index contributed by atoms with van der Waals surface area (Å²) in [6, 6.07) is 11.8. The number of nitrogens with zero attached hydrogens (tertiary/aromatic N) is 3. The molecule has 0 spiro atoms. The van der Waals surface area contributed by atoms with E-state index in [9.17, 15) is 0 Å². The first-order valence-corrected chi connectivity index (χ1v) is 8.98. The van der Waals surface area contributed by atoms with Crippen LogP contribution < -0.4 is 10.6 Å². The fourth-order valence-corrected chi connectivity index (χ4v) is 3.23. The van der Waals surface area contributed by atoms with E-state index < -0.39 is 0 Å². The molecule has 24 heavy (non-hydrogen) atoms. The molecule has 2 rings (SSSR count). The van der Waals surface area contributed by atoms with E-state index in [1.807, 2.05) is 7.05 Å². The van der Waals surface area contributed by atoms with E-state index in [0.29, 0.717) is 12.1 Å². The Morgan fingerprint density at radius 1 is 1.29 bits per heavy atom. The molecule has 1 aliphatic heterocycles. The Morgan fingerprint density at radius 2 is 2.04 bits per heavy atom. The van der Waals surface area contributed by atoms with Gasteiger partial charge in [0.2, 0.25) is 0 Å². The zero-order valence-corrected chi connectivity index (χ0v) is 15.6. The molecule has 5 nitrogen and oxygen atoms in total. The molecule has 1 aromatic rings. The summed E-state index contributed by atoms with van der Waals surface area (Å²) in [4.78, 5) is 9.12. The molecule has 5 heteroatoms. The first-order chi connectivity index (χ1) is 11.6. The second-order valence-corrected chi connectivity index (χ2v) is 7.00. The Balaban J connectivity index is 1.76. The van der Waals surface area contributed by atoms with Gasteiger partial charge < -0.3 is 15.5 Å². The molecule has 2 atom stereocenters. The van der Waals surface area contributed by atoms with Gasteiger partial charge in [-0.3, -0.25) is 9.89 Å². The zero-order chi connectivity index (χ0) is 17.4. The fourth-order valence-electron chi connectivity index (χ4n) is 3.23. The second kappa shape index (κ2) is 9.64. The lowest BCUT2D eigenvalue weighted by Crippen LogP contribution is -2.45. The molecule has 0 aromatic heterocycles. The number of aliphatic imine (C=N–C) groups is 1. The topological polar surface area (TPSA) is 42.9 Å². The highest BCUT2D eigenvalue weighted by molar-refractivity contribution is 5.80. The van der Waals surface area contributed by atoms with Crippen molar-refractivity contribution in [2.75, 3.05) is 40.8 Å². The van der Waals surface area contributed by atoms with Crippen LogP contribution in [0.3, 0.4) is 0 Å². The minimum atomic E-state index is 0.462. The molecule has 1 aromatic carbocycles. The Hall–Kier alpha value is -1.59. The molecule has 0 radical (unpaired) electrons. The van der Waals surface area contributed by atoms with Gasteiger partial charge in [-0.2, -0.15) is 0 Å². The molecule has 1 fully saturated rings. The van der Waals surface area contributed by atoms with Gasteiger partial charge in [0.1, 0.15) is 0 Å². The summed E-state index contributed by atoms with van der Waals surface area (Å²) < 4.78 is 0. The Morgan fingerprint density at radius 3 is 2.71 bits per heavy atom. The van der Waals surface area contributed by atoms with Crippen molar-refractivity contribution in [3.05, 3.63) is 35.9 Å². The summed E-state index contributed by atoms with van der Waals surface area (Å²) in [5, 5.41) is 7.01. The lowest BCUT2D eigenvalue weighted by Gasteiger charge is -2.21. The van der Waals surface area contributed by atoms with Gasteiger partial charge in [0.15, 0.2) is 5.96 Å². The van der Waals surface area contributed by atoms with Crippen LogP contribution >= 0.6 is 0 Å². The van der Waals surface area contributed by atoms with E-state index in [-0.39, 0.29) is 0 Å². The predicted molar refractivity (Wildman–Crippen MR) is 102 cm³/mol. The molecular weight excluding hydrogens is 298 g/mol. The number of rotatable bonds is 7. The summed E-state index contributed by atoms with van der Waals surface area (Å²) in [5.41, 5.74) is 1.39. The lowest BCUT2D eigenvalue weighted by molar-refractivity contribution is 0.258. The summed E-state index contributed by atoms with van der Waals surface area (Å²) in [5.74, 6) is 0.924. The van der Waals surface area contributed by atoms with Crippen LogP contribution in [0.5, 0.6) is 0 Å². The van der Waals surface area contributed by atoms with Gasteiger partial charge in [-0.1, -0.05) is 30.3 Å². The van der Waals surface area contributed by atoms with Crippen molar-refractivity contribution in [2.24, 2.45) is 4.99 Å². The third-order valence-corrected chi connectivity index (χ3v) is 4.57. The molecule has 1 aliphatic rings. The van der Waals surface area contributed by atoms with Gasteiger partial charge in [-0.25, -0.2) is 0 Å². The molecule has 2 unspecified atom stereocenters. The predicted octanol–water partition coefficient (Wildman–Crippen LogP) is 1.77. The quantitative estimate of drug-likeness (QED) is 0.454. The highest BCUT2D eigenvalue weighted by atomic mass is 15.3. The number of likely N-dealkylation sites (tertiary alicyclic amines) is 1. The van der Waals surface area contributed by atoms with Gasteiger partial charge >= 0.3 is 0 Å². The molecule has 0 bridgehead atoms. The van der Waals surface area contributed by atoms with E-state index in [1.54, 1.807) is 0 Å². The number of guanidine groups is 1. The van der Waals surface area contributed by atoms with Crippen LogP contribution in [0, 0.1) is 0 Å². The smallest absolute Gasteiger partial charge is 0.191 e. The van der Waals surface area contributed by atoms with Crippen molar-refractivity contribution in [3.63, 3.8) is 0 Å². The molecule has 1 saturated heterocycles. The van der Waals surface area contributed by atoms with E-state index in [0.717, 1.165) is 45.0 Å². The van der Waals surface area contributed by atoms with Gasteiger partial charge in [-0.15, -0.1) is 0 Å². The molecular formula is C19H33N5. The van der Waals surface area contributed by atoms with Crippen molar-refractivity contribution in [2.45, 2.75) is 38.4 Å². The van der Waals surface area contributed by atoms with Crippen LogP contribution in [0.1, 0.15) is 25.3 Å². The van der Waals surface area contributed by atoms with Gasteiger partial charge in [0.25, 0.3) is 0 Å². The van der Waals surface area contributed by atoms with E-state index >= 15 is 0 Å². The molecule has 0 amide bonds. The average molecular weight is 332 g/mol. The Labute approximate surface area is 147 Å². The molecule has 2 N–H and O–H groups in total. The number of benzene rings is 1. The largest absolute Gasteiger partial charge is 0.356 e. The molecule has 1 heterocycles. The fraction of sp³-hybridized carbons (Fsp3) is 0.632. The van der Waals surface area contributed by atoms with E-state index in [4.69, 9.17) is 0 Å². The standard InChI is InChI=1S/C19H33N5/c1-16-13-18(15-24(16)14-17-9-6-5-7-10-17)22-19(20-2)21-11-8-12-23(3)4/h5-7,9-10,16,18H,8,11-15H2,1-4H3,(H2,20,21,22). The first kappa shape index (κ1) is 18.7. The number of nitrogens with one attached hydrogen (secondary N) is 2. The van der Waals surface area contributed by atoms with Crippen LogP contribution in [0.2, 0.25) is 0 Å². The van der Waals surface area contributed by atoms with Gasteiger partial charge in [0.05, 0.1) is 0 Å². The summed E-state index contributed by atoms with van der Waals surface area (Å²) in [6.45, 7) is 6.45. The Bertz CT molecular complexity index is 500. The second-order valence-electron chi connectivity index (χ2n) is 7.00. The third-order valence-electron chi connectivity index (χ3n) is 4.57. The van der Waals surface area contributed by atoms with Crippen molar-refractivity contribution >= 4 is 5.96 Å². The SMILES string of the molecule is CN=C(NCCCN(C)C)NC1CC(C)N(Cc2ccccc2)C1. The minimum Gasteiger partial charge on any atom is -0.356 e. The maximum Gasteiger partial charge on any atom is 0.191 e. The zero-order valence-electron chi connectivity index (χ0n) is 15.6. The van der Waals surface area contributed by atoms with Crippen molar-refractivity contribution in [1.82, 2.24) is 20.4 Å². The highest BCUT2D eigenvalue weighted by Crippen LogP contribution is 2.20. The first-order valence-electron chi connectivity index (χ1n) is 8.98. The highest BCUT2D eigenvalue weighted by Gasteiger charge is 2.29. The van der Waals surface area contributed by atoms with Gasteiger partial charge in [0, 0.05) is 38.8 Å².